The normalized spacial score (nSPS) is 19.6. The largest absolute Gasteiger partial charge is 0.386 e. The first-order valence-electron chi connectivity index (χ1n) is 4.69. The minimum Gasteiger partial charge on any atom is -0.386 e. The summed E-state index contributed by atoms with van der Waals surface area (Å²) < 4.78 is 25.6. The molecule has 0 aliphatic heterocycles. The summed E-state index contributed by atoms with van der Waals surface area (Å²) in [5, 5.41) is 7.01. The van der Waals surface area contributed by atoms with Crippen molar-refractivity contribution in [1.29, 1.82) is 5.41 Å². The van der Waals surface area contributed by atoms with E-state index >= 15 is 0 Å². The van der Waals surface area contributed by atoms with Gasteiger partial charge in [-0.05, 0) is 18.8 Å². The molecule has 5 nitrogen and oxygen atoms in total. The van der Waals surface area contributed by atoms with E-state index in [9.17, 15) is 8.42 Å². The number of nitrogens with one attached hydrogen (secondary N) is 2. The maximum atomic E-state index is 11.5. The van der Waals surface area contributed by atoms with Gasteiger partial charge in [-0.3, -0.25) is 5.41 Å². The van der Waals surface area contributed by atoms with Crippen molar-refractivity contribution in [3.63, 3.8) is 0 Å². The average molecular weight is 219 g/mol. The molecule has 0 aromatic rings. The lowest BCUT2D eigenvalue weighted by molar-refractivity contribution is 0.521. The summed E-state index contributed by atoms with van der Waals surface area (Å²) in [6.07, 6.45) is 1.44. The van der Waals surface area contributed by atoms with E-state index < -0.39 is 16.1 Å². The van der Waals surface area contributed by atoms with Gasteiger partial charge in [0, 0.05) is 0 Å². The minimum atomic E-state index is -3.25. The Kier molecular flexibility index (Phi) is 3.16. The van der Waals surface area contributed by atoms with Gasteiger partial charge < -0.3 is 5.73 Å². The topological polar surface area (TPSA) is 96.0 Å². The molecule has 0 aromatic carbocycles. The predicted octanol–water partition coefficient (Wildman–Crippen LogP) is 0.0288. The molecule has 1 atom stereocenters. The highest BCUT2D eigenvalue weighted by atomic mass is 32.2. The summed E-state index contributed by atoms with van der Waals surface area (Å²) in [4.78, 5) is 0. The molecule has 1 rings (SSSR count). The smallest absolute Gasteiger partial charge is 0.215 e. The number of amidine groups is 1. The van der Waals surface area contributed by atoms with Crippen molar-refractivity contribution in [3.05, 3.63) is 0 Å². The molecule has 1 unspecified atom stereocenters. The zero-order chi connectivity index (χ0) is 10.9. The Hall–Kier alpha value is -0.620. The first-order chi connectivity index (χ1) is 6.34. The fourth-order valence-electron chi connectivity index (χ4n) is 1.21. The van der Waals surface area contributed by atoms with Crippen molar-refractivity contribution in [3.8, 4) is 0 Å². The SMILES string of the molecule is CC(C)C(NS(=O)(=O)C1CC1)C(=N)N. The van der Waals surface area contributed by atoms with Crippen molar-refractivity contribution in [2.24, 2.45) is 11.7 Å². The van der Waals surface area contributed by atoms with Gasteiger partial charge in [0.2, 0.25) is 10.0 Å². The molecule has 1 saturated carbocycles. The van der Waals surface area contributed by atoms with Crippen LogP contribution in [0.3, 0.4) is 0 Å². The van der Waals surface area contributed by atoms with Gasteiger partial charge in [0.15, 0.2) is 0 Å². The zero-order valence-electron chi connectivity index (χ0n) is 8.45. The molecule has 0 radical (unpaired) electrons. The first-order valence-corrected chi connectivity index (χ1v) is 6.24. The number of rotatable bonds is 5. The Balaban J connectivity index is 2.68. The van der Waals surface area contributed by atoms with Gasteiger partial charge >= 0.3 is 0 Å². The first kappa shape index (κ1) is 11.5. The second-order valence-corrected chi connectivity index (χ2v) is 6.03. The van der Waals surface area contributed by atoms with Crippen molar-refractivity contribution < 1.29 is 8.42 Å². The highest BCUT2D eigenvalue weighted by Crippen LogP contribution is 2.27. The van der Waals surface area contributed by atoms with Crippen molar-refractivity contribution in [2.75, 3.05) is 0 Å². The second kappa shape index (κ2) is 3.86. The highest BCUT2D eigenvalue weighted by Gasteiger charge is 2.37. The van der Waals surface area contributed by atoms with Gasteiger partial charge in [-0.25, -0.2) is 13.1 Å². The van der Waals surface area contributed by atoms with Crippen LogP contribution in [0, 0.1) is 11.3 Å². The van der Waals surface area contributed by atoms with Gasteiger partial charge in [0.1, 0.15) is 5.84 Å². The minimum absolute atomic E-state index is 0.000949. The molecule has 1 aliphatic rings. The maximum absolute atomic E-state index is 11.5. The van der Waals surface area contributed by atoms with Crippen LogP contribution in [0.25, 0.3) is 0 Å². The standard InChI is InChI=1S/C8H17N3O2S/c1-5(2)7(8(9)10)11-14(12,13)6-3-4-6/h5-7,11H,3-4H2,1-2H3,(H3,9,10). The van der Waals surface area contributed by atoms with Gasteiger partial charge in [-0.2, -0.15) is 0 Å². The Bertz CT molecular complexity index is 319. The van der Waals surface area contributed by atoms with Crippen LogP contribution < -0.4 is 10.5 Å². The number of sulfonamides is 1. The summed E-state index contributed by atoms with van der Waals surface area (Å²) in [5.74, 6) is -0.120. The third-order valence-electron chi connectivity index (χ3n) is 2.26. The summed E-state index contributed by atoms with van der Waals surface area (Å²) in [7, 11) is -3.25. The van der Waals surface area contributed by atoms with Crippen LogP contribution in [0.1, 0.15) is 26.7 Å². The molecular weight excluding hydrogens is 202 g/mol. The van der Waals surface area contributed by atoms with E-state index in [0.29, 0.717) is 0 Å². The van der Waals surface area contributed by atoms with Gasteiger partial charge in [0.25, 0.3) is 0 Å². The zero-order valence-corrected chi connectivity index (χ0v) is 9.26. The molecule has 0 saturated heterocycles. The molecule has 0 amide bonds. The maximum Gasteiger partial charge on any atom is 0.215 e. The summed E-state index contributed by atoms with van der Waals surface area (Å²) >= 11 is 0. The number of hydrogen-bond donors (Lipinski definition) is 3. The molecule has 82 valence electrons. The molecule has 0 heterocycles. The van der Waals surface area contributed by atoms with Crippen LogP contribution >= 0.6 is 0 Å². The molecule has 14 heavy (non-hydrogen) atoms. The highest BCUT2D eigenvalue weighted by molar-refractivity contribution is 7.90. The Morgan fingerprint density at radius 1 is 1.50 bits per heavy atom. The van der Waals surface area contributed by atoms with E-state index in [0.717, 1.165) is 12.8 Å². The lowest BCUT2D eigenvalue weighted by Crippen LogP contribution is -2.48. The second-order valence-electron chi connectivity index (χ2n) is 4.04. The number of hydrogen-bond acceptors (Lipinski definition) is 3. The molecule has 4 N–H and O–H groups in total. The van der Waals surface area contributed by atoms with Gasteiger partial charge in [0.05, 0.1) is 11.3 Å². The monoisotopic (exact) mass is 219 g/mol. The summed E-state index contributed by atoms with van der Waals surface area (Å²) in [5.41, 5.74) is 5.32. The van der Waals surface area contributed by atoms with Crippen LogP contribution in [0.15, 0.2) is 0 Å². The van der Waals surface area contributed by atoms with Crippen molar-refractivity contribution >= 4 is 15.9 Å². The van der Waals surface area contributed by atoms with Crippen LogP contribution in [0.5, 0.6) is 0 Å². The fraction of sp³-hybridized carbons (Fsp3) is 0.875. The predicted molar refractivity (Wildman–Crippen MR) is 55.6 cm³/mol. The molecule has 6 heteroatoms. The third kappa shape index (κ3) is 2.68. The quantitative estimate of drug-likeness (QED) is 0.449. The lowest BCUT2D eigenvalue weighted by Gasteiger charge is -2.20. The van der Waals surface area contributed by atoms with Crippen LogP contribution in [-0.2, 0) is 10.0 Å². The van der Waals surface area contributed by atoms with Crippen LogP contribution in [0.2, 0.25) is 0 Å². The van der Waals surface area contributed by atoms with E-state index in [1.807, 2.05) is 13.8 Å². The molecule has 0 bridgehead atoms. The van der Waals surface area contributed by atoms with E-state index in [2.05, 4.69) is 4.72 Å². The van der Waals surface area contributed by atoms with Gasteiger partial charge in [-0.15, -0.1) is 0 Å². The molecular formula is C8H17N3O2S. The Morgan fingerprint density at radius 3 is 2.29 bits per heavy atom. The fourth-order valence-corrected chi connectivity index (χ4v) is 2.91. The van der Waals surface area contributed by atoms with E-state index in [-0.39, 0.29) is 17.0 Å². The van der Waals surface area contributed by atoms with E-state index in [4.69, 9.17) is 11.1 Å². The lowest BCUT2D eigenvalue weighted by atomic mass is 10.1. The van der Waals surface area contributed by atoms with E-state index in [1.165, 1.54) is 0 Å². The summed E-state index contributed by atoms with van der Waals surface area (Å²) in [6, 6.07) is -0.569. The molecule has 1 aliphatic carbocycles. The van der Waals surface area contributed by atoms with Crippen molar-refractivity contribution in [1.82, 2.24) is 4.72 Å². The Morgan fingerprint density at radius 2 is 2.00 bits per heavy atom. The molecule has 1 fully saturated rings. The van der Waals surface area contributed by atoms with E-state index in [1.54, 1.807) is 0 Å². The van der Waals surface area contributed by atoms with Gasteiger partial charge in [-0.1, -0.05) is 13.8 Å². The average Bonchev–Trinajstić information content (AvgIpc) is 2.80. The molecule has 0 aromatic heterocycles. The summed E-state index contributed by atoms with van der Waals surface area (Å²) in [6.45, 7) is 3.67. The third-order valence-corrected chi connectivity index (χ3v) is 4.19. The molecule has 0 spiro atoms. The van der Waals surface area contributed by atoms with Crippen molar-refractivity contribution in [2.45, 2.75) is 38.0 Å². The Labute approximate surface area is 84.6 Å². The van der Waals surface area contributed by atoms with Crippen LogP contribution in [-0.4, -0.2) is 25.5 Å². The number of nitrogens with two attached hydrogens (primary N) is 1. The van der Waals surface area contributed by atoms with Crippen LogP contribution in [0.4, 0.5) is 0 Å².